The molecule has 0 bridgehead atoms. The highest BCUT2D eigenvalue weighted by atomic mass is 16.3. The minimum atomic E-state index is -0.0286. The smallest absolute Gasteiger partial charge is 0.0577 e. The van der Waals surface area contributed by atoms with E-state index >= 15 is 0 Å². The van der Waals surface area contributed by atoms with Crippen LogP contribution in [0.3, 0.4) is 0 Å². The number of hydrogen-bond acceptors (Lipinski definition) is 4. The molecule has 222 valence electrons. The average molecular weight is 527 g/mol. The lowest BCUT2D eigenvalue weighted by Gasteiger charge is -2.62. The van der Waals surface area contributed by atoms with E-state index < -0.39 is 0 Å². The topological polar surface area (TPSA) is 80.9 Å². The number of hydrogen-bond donors (Lipinski definition) is 4. The van der Waals surface area contributed by atoms with Crippen LogP contribution in [0.25, 0.3) is 0 Å². The number of aliphatic hydroxyl groups is 4. The van der Waals surface area contributed by atoms with Gasteiger partial charge in [-0.3, -0.25) is 0 Å². The van der Waals surface area contributed by atoms with E-state index in [1.54, 1.807) is 0 Å². The normalized spacial score (nSPS) is 37.8. The van der Waals surface area contributed by atoms with Gasteiger partial charge in [0.05, 0.1) is 6.10 Å². The molecule has 0 saturated heterocycles. The second-order valence-corrected chi connectivity index (χ2v) is 13.0. The minimum absolute atomic E-state index is 0.0286. The third-order valence-corrected chi connectivity index (χ3v) is 11.0. The molecule has 4 aliphatic carbocycles. The summed E-state index contributed by atoms with van der Waals surface area (Å²) in [4.78, 5) is 0. The number of fused-ring (bicyclic) bond motifs is 5. The first-order valence-corrected chi connectivity index (χ1v) is 16.2. The monoisotopic (exact) mass is 526 g/mol. The van der Waals surface area contributed by atoms with E-state index in [-0.39, 0.29) is 6.10 Å². The Morgan fingerprint density at radius 3 is 1.89 bits per heavy atom. The van der Waals surface area contributed by atoms with Crippen LogP contribution in [-0.4, -0.2) is 46.9 Å². The number of rotatable bonds is 8. The van der Waals surface area contributed by atoms with Crippen LogP contribution in [0.4, 0.5) is 0 Å². The molecular weight excluding hydrogens is 460 g/mol. The Morgan fingerprint density at radius 2 is 1.30 bits per heavy atom. The summed E-state index contributed by atoms with van der Waals surface area (Å²) in [6.45, 7) is 12.2. The molecule has 0 aromatic carbocycles. The standard InChI is InChI=1S/C25H44O2.C4H10.C3H8O.CH4O/c1-24-14-7-6-10-19(24)17-22(27)23-20-12-11-18(9-5-3-4-8-16-26)25(20,2)15-13-21(23)24;1-3-4-2;1-2-3-4;1-2/h18-23,26-27H,3-17H2,1-2H3;3-4H2,1-2H3;4H,2-3H2,1H3;2H,1H3. The van der Waals surface area contributed by atoms with Crippen LogP contribution in [0, 0.1) is 40.4 Å². The number of unbranched alkanes of at least 4 members (excludes halogenated alkanes) is 4. The fourth-order valence-electron chi connectivity index (χ4n) is 8.69. The predicted octanol–water partition coefficient (Wildman–Crippen LogP) is 7.75. The zero-order valence-electron chi connectivity index (χ0n) is 25.7. The van der Waals surface area contributed by atoms with Crippen LogP contribution >= 0.6 is 0 Å². The Morgan fingerprint density at radius 1 is 0.676 bits per heavy atom. The first kappa shape index (κ1) is 34.9. The zero-order chi connectivity index (χ0) is 27.9. The summed E-state index contributed by atoms with van der Waals surface area (Å²) in [5, 5.41) is 35.1. The zero-order valence-corrected chi connectivity index (χ0v) is 25.7. The molecule has 4 heteroatoms. The minimum Gasteiger partial charge on any atom is -0.400 e. The second-order valence-electron chi connectivity index (χ2n) is 13.0. The van der Waals surface area contributed by atoms with Crippen molar-refractivity contribution in [3.05, 3.63) is 0 Å². The van der Waals surface area contributed by atoms with Gasteiger partial charge in [-0.2, -0.15) is 0 Å². The van der Waals surface area contributed by atoms with Crippen LogP contribution in [0.2, 0.25) is 0 Å². The van der Waals surface area contributed by atoms with Crippen LogP contribution in [0.1, 0.15) is 144 Å². The van der Waals surface area contributed by atoms with Gasteiger partial charge in [0.25, 0.3) is 0 Å². The van der Waals surface area contributed by atoms with Crippen molar-refractivity contribution >= 4 is 0 Å². The van der Waals surface area contributed by atoms with Crippen molar-refractivity contribution in [1.82, 2.24) is 0 Å². The van der Waals surface area contributed by atoms with E-state index in [9.17, 15) is 5.11 Å². The molecule has 0 aromatic rings. The quantitative estimate of drug-likeness (QED) is 0.244. The van der Waals surface area contributed by atoms with E-state index in [0.717, 1.165) is 50.0 Å². The summed E-state index contributed by atoms with van der Waals surface area (Å²) >= 11 is 0. The van der Waals surface area contributed by atoms with Crippen LogP contribution in [0.5, 0.6) is 0 Å². The Labute approximate surface area is 231 Å². The Balaban J connectivity index is 0.000000594. The van der Waals surface area contributed by atoms with Gasteiger partial charge in [0.15, 0.2) is 0 Å². The van der Waals surface area contributed by atoms with Crippen molar-refractivity contribution in [2.24, 2.45) is 40.4 Å². The van der Waals surface area contributed by atoms with Gasteiger partial charge in [0, 0.05) is 20.3 Å². The molecule has 4 aliphatic rings. The molecule has 4 saturated carbocycles. The number of aliphatic hydroxyl groups excluding tert-OH is 4. The summed E-state index contributed by atoms with van der Waals surface area (Å²) in [6.07, 6.45) is 21.9. The van der Waals surface area contributed by atoms with Crippen molar-refractivity contribution in [3.63, 3.8) is 0 Å². The fourth-order valence-corrected chi connectivity index (χ4v) is 8.69. The molecule has 8 atom stereocenters. The largest absolute Gasteiger partial charge is 0.400 e. The van der Waals surface area contributed by atoms with Gasteiger partial charge < -0.3 is 20.4 Å². The first-order chi connectivity index (χ1) is 17.8. The molecule has 8 unspecified atom stereocenters. The third-order valence-electron chi connectivity index (χ3n) is 11.0. The van der Waals surface area contributed by atoms with Crippen LogP contribution < -0.4 is 0 Å². The fraction of sp³-hybridized carbons (Fsp3) is 1.00. The van der Waals surface area contributed by atoms with E-state index in [0.29, 0.717) is 30.0 Å². The van der Waals surface area contributed by atoms with Gasteiger partial charge in [-0.25, -0.2) is 0 Å². The van der Waals surface area contributed by atoms with Gasteiger partial charge in [0.1, 0.15) is 0 Å². The van der Waals surface area contributed by atoms with E-state index in [1.165, 1.54) is 89.9 Å². The Hall–Kier alpha value is -0.160. The van der Waals surface area contributed by atoms with Crippen molar-refractivity contribution in [1.29, 1.82) is 0 Å². The van der Waals surface area contributed by atoms with Gasteiger partial charge in [-0.1, -0.05) is 79.6 Å². The third kappa shape index (κ3) is 8.92. The lowest BCUT2D eigenvalue weighted by atomic mass is 9.44. The molecule has 0 aromatic heterocycles. The highest BCUT2D eigenvalue weighted by Gasteiger charge is 2.61. The molecule has 0 amide bonds. The van der Waals surface area contributed by atoms with Crippen molar-refractivity contribution in [2.45, 2.75) is 150 Å². The van der Waals surface area contributed by atoms with Gasteiger partial charge in [-0.05, 0) is 105 Å². The molecule has 0 heterocycles. The summed E-state index contributed by atoms with van der Waals surface area (Å²) in [6, 6.07) is 0. The lowest BCUT2D eigenvalue weighted by molar-refractivity contribution is -0.162. The maximum Gasteiger partial charge on any atom is 0.0577 e. The molecule has 0 spiro atoms. The SMILES string of the molecule is CC12CCC3C(C(O)CC4CCCCC43C)C1CCC2CCCCCCO.CCCC.CCCO.CO. The van der Waals surface area contributed by atoms with Crippen LogP contribution in [0.15, 0.2) is 0 Å². The van der Waals surface area contributed by atoms with Gasteiger partial charge >= 0.3 is 0 Å². The maximum absolute atomic E-state index is 11.3. The average Bonchev–Trinajstić information content (AvgIpc) is 3.26. The van der Waals surface area contributed by atoms with E-state index in [2.05, 4.69) is 27.7 Å². The van der Waals surface area contributed by atoms with Crippen molar-refractivity contribution in [2.75, 3.05) is 20.3 Å². The van der Waals surface area contributed by atoms with Gasteiger partial charge in [-0.15, -0.1) is 0 Å². The molecule has 37 heavy (non-hydrogen) atoms. The van der Waals surface area contributed by atoms with E-state index in [4.69, 9.17) is 15.3 Å². The highest BCUT2D eigenvalue weighted by molar-refractivity contribution is 5.10. The molecule has 0 radical (unpaired) electrons. The van der Waals surface area contributed by atoms with Gasteiger partial charge in [0.2, 0.25) is 0 Å². The van der Waals surface area contributed by atoms with E-state index in [1.807, 2.05) is 6.92 Å². The highest BCUT2D eigenvalue weighted by Crippen LogP contribution is 2.67. The summed E-state index contributed by atoms with van der Waals surface area (Å²) in [5.41, 5.74) is 1.00. The molecule has 0 aliphatic heterocycles. The molecule has 4 N–H and O–H groups in total. The molecular formula is C33H66O4. The second kappa shape index (κ2) is 18.2. The van der Waals surface area contributed by atoms with Crippen molar-refractivity contribution < 1.29 is 20.4 Å². The first-order valence-electron chi connectivity index (χ1n) is 16.2. The molecule has 4 nitrogen and oxygen atoms in total. The molecule has 4 rings (SSSR count). The predicted molar refractivity (Wildman–Crippen MR) is 157 cm³/mol. The summed E-state index contributed by atoms with van der Waals surface area (Å²) in [7, 11) is 1.00. The van der Waals surface area contributed by atoms with Crippen LogP contribution in [-0.2, 0) is 0 Å². The molecule has 4 fully saturated rings. The summed E-state index contributed by atoms with van der Waals surface area (Å²) < 4.78 is 0. The summed E-state index contributed by atoms with van der Waals surface area (Å²) in [5.74, 6) is 3.81. The Kier molecular flexibility index (Phi) is 17.2. The maximum atomic E-state index is 11.3. The lowest BCUT2D eigenvalue weighted by Crippen LogP contribution is -2.57. The Bertz CT molecular complexity index is 561. The van der Waals surface area contributed by atoms with Crippen molar-refractivity contribution in [3.8, 4) is 0 Å².